The second-order valence-corrected chi connectivity index (χ2v) is 14.3. The van der Waals surface area contributed by atoms with Crippen LogP contribution >= 0.6 is 31.9 Å². The van der Waals surface area contributed by atoms with Crippen LogP contribution in [0.3, 0.4) is 0 Å². The Hall–Kier alpha value is -4.34. The molecule has 4 N–H and O–H groups in total. The van der Waals surface area contributed by atoms with E-state index in [2.05, 4.69) is 80.4 Å². The summed E-state index contributed by atoms with van der Waals surface area (Å²) in [6.07, 6.45) is 1.38. The molecule has 0 aliphatic heterocycles. The van der Waals surface area contributed by atoms with Crippen LogP contribution in [0.2, 0.25) is 0 Å². The predicted octanol–water partition coefficient (Wildman–Crippen LogP) is 9.57. The van der Waals surface area contributed by atoms with E-state index < -0.39 is 23.4 Å². The maximum absolute atomic E-state index is 13.4. The first-order valence-electron chi connectivity index (χ1n) is 16.6. The van der Waals surface area contributed by atoms with Crippen LogP contribution in [0, 0.1) is 0 Å². The predicted molar refractivity (Wildman–Crippen MR) is 206 cm³/mol. The van der Waals surface area contributed by atoms with Crippen molar-refractivity contribution in [2.75, 3.05) is 0 Å². The Morgan fingerprint density at radius 3 is 1.26 bits per heavy atom. The van der Waals surface area contributed by atoms with Gasteiger partial charge < -0.3 is 9.47 Å². The summed E-state index contributed by atoms with van der Waals surface area (Å²) in [5.74, 6) is -1.21. The summed E-state index contributed by atoms with van der Waals surface area (Å²) in [5.41, 5.74) is 14.5. The molecule has 50 heavy (non-hydrogen) atoms. The van der Waals surface area contributed by atoms with E-state index in [9.17, 15) is 9.59 Å². The van der Waals surface area contributed by atoms with E-state index in [1.54, 1.807) is 0 Å². The van der Waals surface area contributed by atoms with Crippen molar-refractivity contribution >= 4 is 65.3 Å². The lowest BCUT2D eigenvalue weighted by molar-refractivity contribution is -0.169. The van der Waals surface area contributed by atoms with E-state index in [1.807, 2.05) is 84.9 Å². The monoisotopic (exact) mass is 792 g/mol. The fraction of sp³-hybridized carbons (Fsp3) is 0.190. The van der Waals surface area contributed by atoms with Gasteiger partial charge in [0.1, 0.15) is 0 Å². The quantitative estimate of drug-likeness (QED) is 0.0892. The minimum Gasteiger partial charge on any atom is -0.440 e. The van der Waals surface area contributed by atoms with Crippen molar-refractivity contribution in [2.45, 2.75) is 50.0 Å². The molecule has 0 aliphatic carbocycles. The molecule has 0 aliphatic rings. The molecule has 0 aromatic heterocycles. The summed E-state index contributed by atoms with van der Waals surface area (Å²) in [6, 6.07) is 43.4. The molecule has 0 spiro atoms. The Morgan fingerprint density at radius 2 is 0.860 bits per heavy atom. The first kappa shape index (κ1) is 35.5. The number of hydrogen-bond acceptors (Lipinski definition) is 6. The molecular weight excluding hydrogens is 756 g/mol. The first-order valence-corrected chi connectivity index (χ1v) is 18.2. The van der Waals surface area contributed by atoms with Crippen molar-refractivity contribution in [3.05, 3.63) is 165 Å². The van der Waals surface area contributed by atoms with Crippen LogP contribution in [0.1, 0.15) is 47.9 Å². The Labute approximate surface area is 309 Å². The van der Waals surface area contributed by atoms with E-state index in [0.29, 0.717) is 36.8 Å². The Balaban J connectivity index is 1.15. The Morgan fingerprint density at radius 1 is 0.500 bits per heavy atom. The Kier molecular flexibility index (Phi) is 11.1. The lowest BCUT2D eigenvalue weighted by atomic mass is 9.93. The summed E-state index contributed by atoms with van der Waals surface area (Å²) in [7, 11) is 0. The van der Waals surface area contributed by atoms with Crippen molar-refractivity contribution < 1.29 is 19.1 Å². The van der Waals surface area contributed by atoms with Gasteiger partial charge in [-0.15, -0.1) is 0 Å². The van der Waals surface area contributed by atoms with Crippen molar-refractivity contribution in [3.8, 4) is 0 Å². The molecule has 2 unspecified atom stereocenters. The van der Waals surface area contributed by atoms with Crippen LogP contribution in [0.5, 0.6) is 0 Å². The highest BCUT2D eigenvalue weighted by Gasteiger charge is 2.34. The van der Waals surface area contributed by atoms with Crippen LogP contribution < -0.4 is 11.5 Å². The lowest BCUT2D eigenvalue weighted by Gasteiger charge is -2.31. The number of hydrogen-bond donors (Lipinski definition) is 2. The minimum atomic E-state index is -1.42. The van der Waals surface area contributed by atoms with E-state index in [0.717, 1.165) is 41.6 Å². The van der Waals surface area contributed by atoms with Crippen LogP contribution in [-0.2, 0) is 43.4 Å². The van der Waals surface area contributed by atoms with Crippen LogP contribution in [-0.4, -0.2) is 11.9 Å². The maximum atomic E-state index is 13.4. The summed E-state index contributed by atoms with van der Waals surface area (Å²) in [6.45, 7) is 0. The lowest BCUT2D eigenvalue weighted by Crippen LogP contribution is -2.43. The summed E-state index contributed by atoms with van der Waals surface area (Å²) < 4.78 is 13.8. The second kappa shape index (κ2) is 15.7. The number of nitrogens with two attached hydrogens (primary N) is 2. The molecule has 2 atom stereocenters. The van der Waals surface area contributed by atoms with Crippen molar-refractivity contribution in [1.29, 1.82) is 0 Å². The third-order valence-electron chi connectivity index (χ3n) is 9.08. The number of benzene rings is 6. The van der Waals surface area contributed by atoms with Gasteiger partial charge in [0, 0.05) is 32.9 Å². The van der Waals surface area contributed by atoms with E-state index >= 15 is 0 Å². The number of carbonyl (C=O) groups excluding carboxylic acids is 2. The molecule has 0 saturated carbocycles. The number of ether oxygens (including phenoxy) is 2. The van der Waals surface area contributed by atoms with Gasteiger partial charge in [-0.3, -0.25) is 21.1 Å². The van der Waals surface area contributed by atoms with Crippen LogP contribution in [0.15, 0.2) is 142 Å². The maximum Gasteiger partial charge on any atom is 0.308 e. The smallest absolute Gasteiger partial charge is 0.308 e. The summed E-state index contributed by atoms with van der Waals surface area (Å²) >= 11 is 6.95. The fourth-order valence-electron chi connectivity index (χ4n) is 6.35. The molecule has 254 valence electrons. The molecular formula is C42H38Br2N2O4. The third-order valence-corrected chi connectivity index (χ3v) is 10.1. The minimum absolute atomic E-state index is 0.220. The topological polar surface area (TPSA) is 105 Å². The van der Waals surface area contributed by atoms with Crippen LogP contribution in [0.4, 0.5) is 0 Å². The zero-order chi connectivity index (χ0) is 35.1. The zero-order valence-corrected chi connectivity index (χ0v) is 30.7. The third kappa shape index (κ3) is 8.50. The normalized spacial score (nSPS) is 13.8. The van der Waals surface area contributed by atoms with Crippen molar-refractivity contribution in [3.63, 3.8) is 0 Å². The molecule has 6 aromatic rings. The number of carbonyl (C=O) groups is 2. The molecule has 0 heterocycles. The number of fused-ring (bicyclic) bond motifs is 2. The highest BCUT2D eigenvalue weighted by atomic mass is 79.9. The average molecular weight is 795 g/mol. The SMILES string of the molecule is NC(CCc1cccc2ccccc12)(OC(=O)CCC(=O)OC(N)(CCc1cccc2ccccc12)c1ccc(Br)cc1)c1ccc(Br)cc1. The number of esters is 2. The molecule has 0 amide bonds. The molecule has 8 heteroatoms. The van der Waals surface area contributed by atoms with Gasteiger partial charge in [0.25, 0.3) is 0 Å². The molecule has 6 nitrogen and oxygen atoms in total. The van der Waals surface area contributed by atoms with Crippen LogP contribution in [0.25, 0.3) is 21.5 Å². The van der Waals surface area contributed by atoms with Crippen molar-refractivity contribution in [2.24, 2.45) is 11.5 Å². The van der Waals surface area contributed by atoms with Gasteiger partial charge in [0.15, 0.2) is 11.4 Å². The van der Waals surface area contributed by atoms with Gasteiger partial charge in [-0.2, -0.15) is 0 Å². The van der Waals surface area contributed by atoms with Gasteiger partial charge in [-0.05, 0) is 69.8 Å². The fourth-order valence-corrected chi connectivity index (χ4v) is 6.88. The number of halogens is 2. The van der Waals surface area contributed by atoms with Gasteiger partial charge >= 0.3 is 11.9 Å². The van der Waals surface area contributed by atoms with Gasteiger partial charge in [-0.25, -0.2) is 0 Å². The molecule has 0 radical (unpaired) electrons. The summed E-state index contributed by atoms with van der Waals surface area (Å²) in [4.78, 5) is 26.8. The summed E-state index contributed by atoms with van der Waals surface area (Å²) in [5, 5.41) is 4.50. The molecule has 0 saturated heterocycles. The van der Waals surface area contributed by atoms with Crippen molar-refractivity contribution in [1.82, 2.24) is 0 Å². The molecule has 6 aromatic carbocycles. The number of aryl methyl sites for hydroxylation is 2. The molecule has 0 fully saturated rings. The number of rotatable bonds is 13. The Bertz CT molecular complexity index is 1960. The molecule has 6 rings (SSSR count). The van der Waals surface area contributed by atoms with E-state index in [-0.39, 0.29) is 12.8 Å². The standard InChI is InChI=1S/C42H38Br2N2O4/c43-35-19-15-33(16-20-35)41(45,27-25-31-11-5-9-29-7-1-3-13-37(29)31)49-39(47)23-24-40(48)50-42(46,34-17-21-36(44)22-18-34)28-26-32-12-6-10-30-8-2-4-14-38(30)32/h1-22H,23-28,45-46H2. The van der Waals surface area contributed by atoms with Gasteiger partial charge in [-0.1, -0.05) is 141 Å². The highest BCUT2D eigenvalue weighted by Crippen LogP contribution is 2.32. The molecule has 0 bridgehead atoms. The highest BCUT2D eigenvalue weighted by molar-refractivity contribution is 9.10. The average Bonchev–Trinajstić information content (AvgIpc) is 3.12. The van der Waals surface area contributed by atoms with E-state index in [1.165, 1.54) is 0 Å². The van der Waals surface area contributed by atoms with Gasteiger partial charge in [0.05, 0.1) is 12.8 Å². The van der Waals surface area contributed by atoms with Gasteiger partial charge in [0.2, 0.25) is 0 Å². The largest absolute Gasteiger partial charge is 0.440 e. The zero-order valence-electron chi connectivity index (χ0n) is 27.5. The first-order chi connectivity index (χ1) is 24.1. The van der Waals surface area contributed by atoms with E-state index in [4.69, 9.17) is 20.9 Å². The second-order valence-electron chi connectivity index (χ2n) is 12.5.